The molecular weight excluding hydrogens is 326 g/mol. The third kappa shape index (κ3) is 4.22. The minimum absolute atomic E-state index is 0.265. The summed E-state index contributed by atoms with van der Waals surface area (Å²) < 4.78 is 0. The van der Waals surface area contributed by atoms with Crippen molar-refractivity contribution in [3.8, 4) is 6.07 Å². The van der Waals surface area contributed by atoms with Gasteiger partial charge < -0.3 is 10.6 Å². The van der Waals surface area contributed by atoms with Crippen molar-refractivity contribution in [3.05, 3.63) is 83.2 Å². The third-order valence-electron chi connectivity index (χ3n) is 3.86. The minimum Gasteiger partial charge on any atom is -0.347 e. The van der Waals surface area contributed by atoms with E-state index < -0.39 is 0 Å². The number of rotatable bonds is 5. The lowest BCUT2D eigenvalue weighted by molar-refractivity contribution is 0.0946. The second kappa shape index (κ2) is 7.90. The molecule has 1 heterocycles. The summed E-state index contributed by atoms with van der Waals surface area (Å²) in [6, 6.07) is 18.4. The minimum atomic E-state index is -0.265. The summed E-state index contributed by atoms with van der Waals surface area (Å²) in [7, 11) is 0. The number of hydrogen-bond donors (Lipinski definition) is 2. The van der Waals surface area contributed by atoms with Crippen molar-refractivity contribution in [2.75, 3.05) is 5.32 Å². The van der Waals surface area contributed by atoms with Gasteiger partial charge in [-0.2, -0.15) is 5.26 Å². The first-order chi connectivity index (χ1) is 12.7. The fourth-order valence-electron chi connectivity index (χ4n) is 2.38. The second-order valence-corrected chi connectivity index (χ2v) is 5.69. The maximum atomic E-state index is 12.4. The van der Waals surface area contributed by atoms with Crippen molar-refractivity contribution in [2.45, 2.75) is 13.5 Å². The monoisotopic (exact) mass is 343 g/mol. The average Bonchev–Trinajstić information content (AvgIpc) is 2.68. The molecule has 0 radical (unpaired) electrons. The van der Waals surface area contributed by atoms with Crippen molar-refractivity contribution in [1.29, 1.82) is 5.26 Å². The first kappa shape index (κ1) is 17.1. The van der Waals surface area contributed by atoms with Crippen LogP contribution in [0.25, 0.3) is 0 Å². The van der Waals surface area contributed by atoms with E-state index in [2.05, 4.69) is 26.7 Å². The molecule has 128 valence electrons. The molecular formula is C20H17N5O. The molecule has 3 rings (SSSR count). The molecule has 0 aliphatic carbocycles. The lowest BCUT2D eigenvalue weighted by Crippen LogP contribution is -2.24. The van der Waals surface area contributed by atoms with Crippen LogP contribution >= 0.6 is 0 Å². The second-order valence-electron chi connectivity index (χ2n) is 5.69. The Morgan fingerprint density at radius 3 is 2.62 bits per heavy atom. The van der Waals surface area contributed by atoms with Gasteiger partial charge in [-0.15, -0.1) is 0 Å². The third-order valence-corrected chi connectivity index (χ3v) is 3.86. The van der Waals surface area contributed by atoms with E-state index in [1.807, 2.05) is 31.2 Å². The van der Waals surface area contributed by atoms with Crippen LogP contribution in [0.4, 0.5) is 11.6 Å². The number of hydrogen-bond acceptors (Lipinski definition) is 5. The Hall–Kier alpha value is -3.72. The van der Waals surface area contributed by atoms with Crippen LogP contribution in [0.15, 0.2) is 60.8 Å². The van der Waals surface area contributed by atoms with Crippen LogP contribution in [0, 0.1) is 18.3 Å². The molecule has 1 aromatic heterocycles. The van der Waals surface area contributed by atoms with Crippen LogP contribution in [0.5, 0.6) is 0 Å². The van der Waals surface area contributed by atoms with Gasteiger partial charge in [0.2, 0.25) is 5.95 Å². The normalized spacial score (nSPS) is 10.0. The Morgan fingerprint density at radius 1 is 1.12 bits per heavy atom. The number of nitrogens with one attached hydrogen (secondary N) is 2. The Bertz CT molecular complexity index is 960. The number of carbonyl (C=O) groups is 1. The van der Waals surface area contributed by atoms with E-state index in [0.717, 1.165) is 16.8 Å². The van der Waals surface area contributed by atoms with Gasteiger partial charge in [-0.05, 0) is 48.4 Å². The Kier molecular flexibility index (Phi) is 5.20. The van der Waals surface area contributed by atoms with E-state index >= 15 is 0 Å². The number of aromatic nitrogens is 2. The Labute approximate surface area is 151 Å². The van der Waals surface area contributed by atoms with Crippen LogP contribution < -0.4 is 10.6 Å². The zero-order valence-electron chi connectivity index (χ0n) is 14.2. The van der Waals surface area contributed by atoms with Gasteiger partial charge in [-0.3, -0.25) is 4.79 Å². The molecule has 3 aromatic rings. The smallest absolute Gasteiger partial charge is 0.270 e. The highest BCUT2D eigenvalue weighted by molar-refractivity contribution is 5.92. The molecule has 2 aromatic carbocycles. The van der Waals surface area contributed by atoms with Crippen LogP contribution in [0.3, 0.4) is 0 Å². The van der Waals surface area contributed by atoms with E-state index in [-0.39, 0.29) is 11.6 Å². The van der Waals surface area contributed by atoms with E-state index in [9.17, 15) is 4.79 Å². The summed E-state index contributed by atoms with van der Waals surface area (Å²) in [5.41, 5.74) is 3.77. The SMILES string of the molecule is Cc1ccccc1CNC(=O)c1ccnc(Nc2ccc(C#N)cc2)n1. The summed E-state index contributed by atoms with van der Waals surface area (Å²) in [5.74, 6) is 0.0526. The molecule has 1 amide bonds. The van der Waals surface area contributed by atoms with Crippen molar-refractivity contribution < 1.29 is 4.79 Å². The fourth-order valence-corrected chi connectivity index (χ4v) is 2.38. The highest BCUT2D eigenvalue weighted by Crippen LogP contribution is 2.14. The molecule has 2 N–H and O–H groups in total. The van der Waals surface area contributed by atoms with E-state index in [4.69, 9.17) is 5.26 Å². The molecule has 0 bridgehead atoms. The van der Waals surface area contributed by atoms with Crippen LogP contribution in [-0.4, -0.2) is 15.9 Å². The van der Waals surface area contributed by atoms with Gasteiger partial charge in [0, 0.05) is 18.4 Å². The summed E-state index contributed by atoms with van der Waals surface area (Å²) in [4.78, 5) is 20.7. The number of amides is 1. The number of nitriles is 1. The van der Waals surface area contributed by atoms with Crippen molar-refractivity contribution in [1.82, 2.24) is 15.3 Å². The zero-order chi connectivity index (χ0) is 18.4. The topological polar surface area (TPSA) is 90.7 Å². The molecule has 6 nitrogen and oxygen atoms in total. The number of nitrogens with zero attached hydrogens (tertiary/aromatic N) is 3. The van der Waals surface area contributed by atoms with Gasteiger partial charge in [0.05, 0.1) is 11.6 Å². The molecule has 0 aliphatic rings. The maximum absolute atomic E-state index is 12.4. The summed E-state index contributed by atoms with van der Waals surface area (Å²) in [5, 5.41) is 14.7. The van der Waals surface area contributed by atoms with Crippen LogP contribution in [0.2, 0.25) is 0 Å². The van der Waals surface area contributed by atoms with Crippen LogP contribution in [-0.2, 0) is 6.54 Å². The van der Waals surface area contributed by atoms with E-state index in [0.29, 0.717) is 18.1 Å². The molecule has 0 fully saturated rings. The predicted molar refractivity (Wildman–Crippen MR) is 98.8 cm³/mol. The maximum Gasteiger partial charge on any atom is 0.270 e. The predicted octanol–water partition coefficient (Wildman–Crippen LogP) is 3.33. The highest BCUT2D eigenvalue weighted by Gasteiger charge is 2.09. The molecule has 6 heteroatoms. The van der Waals surface area contributed by atoms with Gasteiger partial charge in [0.25, 0.3) is 5.91 Å². The average molecular weight is 343 g/mol. The summed E-state index contributed by atoms with van der Waals surface area (Å²) in [6.07, 6.45) is 1.53. The molecule has 26 heavy (non-hydrogen) atoms. The lowest BCUT2D eigenvalue weighted by atomic mass is 10.1. The first-order valence-corrected chi connectivity index (χ1v) is 8.08. The van der Waals surface area contributed by atoms with Crippen molar-refractivity contribution >= 4 is 17.5 Å². The molecule has 0 unspecified atom stereocenters. The zero-order valence-corrected chi connectivity index (χ0v) is 14.2. The van der Waals surface area contributed by atoms with Gasteiger partial charge in [-0.25, -0.2) is 9.97 Å². The largest absolute Gasteiger partial charge is 0.347 e. The first-order valence-electron chi connectivity index (χ1n) is 8.08. The highest BCUT2D eigenvalue weighted by atomic mass is 16.1. The number of carbonyl (C=O) groups excluding carboxylic acids is 1. The molecule has 0 spiro atoms. The van der Waals surface area contributed by atoms with E-state index in [1.54, 1.807) is 30.3 Å². The molecule has 0 saturated heterocycles. The molecule has 0 aliphatic heterocycles. The van der Waals surface area contributed by atoms with Gasteiger partial charge in [0.1, 0.15) is 5.69 Å². The summed E-state index contributed by atoms with van der Waals surface area (Å²) >= 11 is 0. The number of aryl methyl sites for hydroxylation is 1. The van der Waals surface area contributed by atoms with Gasteiger partial charge in [0.15, 0.2) is 0 Å². The van der Waals surface area contributed by atoms with Crippen LogP contribution in [0.1, 0.15) is 27.2 Å². The number of anilines is 2. The van der Waals surface area contributed by atoms with Crippen molar-refractivity contribution in [3.63, 3.8) is 0 Å². The molecule has 0 atom stereocenters. The summed E-state index contributed by atoms with van der Waals surface area (Å²) in [6.45, 7) is 2.44. The van der Waals surface area contributed by atoms with E-state index in [1.165, 1.54) is 6.20 Å². The van der Waals surface area contributed by atoms with Gasteiger partial charge in [-0.1, -0.05) is 24.3 Å². The Morgan fingerprint density at radius 2 is 1.88 bits per heavy atom. The lowest BCUT2D eigenvalue weighted by Gasteiger charge is -2.09. The Balaban J connectivity index is 1.67. The van der Waals surface area contributed by atoms with Gasteiger partial charge >= 0.3 is 0 Å². The fraction of sp³-hybridized carbons (Fsp3) is 0.100. The standard InChI is InChI=1S/C20H17N5O/c1-14-4-2-3-5-16(14)13-23-19(26)18-10-11-22-20(25-18)24-17-8-6-15(12-21)7-9-17/h2-11H,13H2,1H3,(H,23,26)(H,22,24,25). The van der Waals surface area contributed by atoms with Crippen molar-refractivity contribution in [2.24, 2.45) is 0 Å². The molecule has 0 saturated carbocycles. The number of benzene rings is 2. The quantitative estimate of drug-likeness (QED) is 0.741.